The first-order valence-electron chi connectivity index (χ1n) is 12.2. The summed E-state index contributed by atoms with van der Waals surface area (Å²) in [6, 6.07) is 0. The predicted molar refractivity (Wildman–Crippen MR) is 107 cm³/mol. The molecule has 10 aliphatic rings. The van der Waals surface area contributed by atoms with Gasteiger partial charge in [0.25, 0.3) is 0 Å². The molecule has 8 nitrogen and oxygen atoms in total. The lowest BCUT2D eigenvalue weighted by atomic mass is 9.26. The molecule has 33 heavy (non-hydrogen) atoms. The number of allylic oxidation sites excluding steroid dienone is 2. The van der Waals surface area contributed by atoms with Crippen molar-refractivity contribution in [3.05, 3.63) is 23.3 Å². The molecule has 0 aromatic carbocycles. The number of carbonyl (C=O) groups excluding carboxylic acids is 2. The van der Waals surface area contributed by atoms with Crippen molar-refractivity contribution in [3.63, 3.8) is 0 Å². The van der Waals surface area contributed by atoms with Crippen LogP contribution in [0.15, 0.2) is 23.3 Å². The summed E-state index contributed by atoms with van der Waals surface area (Å²) in [7, 11) is 2.75. The summed E-state index contributed by atoms with van der Waals surface area (Å²) in [5, 5.41) is 0. The van der Waals surface area contributed by atoms with E-state index in [1.807, 2.05) is 0 Å². The van der Waals surface area contributed by atoms with Crippen LogP contribution in [0.2, 0.25) is 0 Å². The molecule has 0 aromatic rings. The highest BCUT2D eigenvalue weighted by molar-refractivity contribution is 6.03. The van der Waals surface area contributed by atoms with Gasteiger partial charge in [0, 0.05) is 23.7 Å². The van der Waals surface area contributed by atoms with E-state index in [1.54, 1.807) is 0 Å². The molecule has 8 heteroatoms. The van der Waals surface area contributed by atoms with Gasteiger partial charge in [0.2, 0.25) is 0 Å². The Balaban J connectivity index is 1.43. The van der Waals surface area contributed by atoms with E-state index >= 15 is 0 Å². The minimum absolute atomic E-state index is 0.188. The van der Waals surface area contributed by atoms with Crippen LogP contribution in [-0.2, 0) is 38.0 Å². The lowest BCUT2D eigenvalue weighted by Gasteiger charge is -2.79. The first kappa shape index (κ1) is 18.6. The van der Waals surface area contributed by atoms with Gasteiger partial charge in [-0.1, -0.05) is 12.2 Å². The van der Waals surface area contributed by atoms with Crippen molar-refractivity contribution in [2.45, 2.75) is 18.0 Å². The van der Waals surface area contributed by atoms with Crippen molar-refractivity contribution in [2.24, 2.45) is 58.2 Å². The van der Waals surface area contributed by atoms with Crippen LogP contribution >= 0.6 is 0 Å². The fourth-order valence-electron chi connectivity index (χ4n) is 12.0. The number of methoxy groups -OCH3 is 2. The van der Waals surface area contributed by atoms with E-state index in [1.165, 1.54) is 14.2 Å². The smallest absolute Gasteiger partial charge is 0.334 e. The second kappa shape index (κ2) is 5.10. The number of ether oxygens (including phenoxy) is 6. The predicted octanol–water partition coefficient (Wildman–Crippen LogP) is 1.06. The summed E-state index contributed by atoms with van der Waals surface area (Å²) in [6.45, 7) is 2.19. The van der Waals surface area contributed by atoms with Crippen molar-refractivity contribution in [3.8, 4) is 0 Å². The molecule has 0 amide bonds. The molecule has 2 saturated heterocycles. The van der Waals surface area contributed by atoms with Crippen LogP contribution < -0.4 is 0 Å². The van der Waals surface area contributed by atoms with Gasteiger partial charge in [0.05, 0.1) is 62.6 Å². The second-order valence-electron chi connectivity index (χ2n) is 11.3. The molecule has 0 radical (unpaired) electrons. The largest absolute Gasteiger partial charge is 0.466 e. The Morgan fingerprint density at radius 2 is 1.12 bits per heavy atom. The average molecular weight is 454 g/mol. The minimum Gasteiger partial charge on any atom is -0.466 e. The van der Waals surface area contributed by atoms with Crippen LogP contribution in [0, 0.1) is 58.2 Å². The summed E-state index contributed by atoms with van der Waals surface area (Å²) < 4.78 is 37.3. The highest BCUT2D eigenvalue weighted by Gasteiger charge is 3.07. The lowest BCUT2D eigenvalue weighted by Crippen LogP contribution is -2.85. The van der Waals surface area contributed by atoms with E-state index in [2.05, 4.69) is 12.2 Å². The Bertz CT molecular complexity index is 1030. The van der Waals surface area contributed by atoms with Gasteiger partial charge in [-0.3, -0.25) is 0 Å². The number of hydrogen-bond donors (Lipinski definition) is 0. The molecule has 2 heterocycles. The third-order valence-corrected chi connectivity index (χ3v) is 11.6. The van der Waals surface area contributed by atoms with Crippen molar-refractivity contribution >= 4 is 11.9 Å². The Morgan fingerprint density at radius 1 is 0.727 bits per heavy atom. The number of fused-ring (bicyclic) bond motifs is 3. The number of carbonyl (C=O) groups is 2. The van der Waals surface area contributed by atoms with E-state index in [9.17, 15) is 9.59 Å². The Labute approximate surface area is 190 Å². The standard InChI is InChI=1S/C25H26O8/c1-28-20(26)14-12-3-4-13(15(14)21(27)29-2)23-17-11-9-10-16(17)22(12,23)24(30-5-6-31-24)18(10)19(11)25(23)32-7-8-33-25/h3-4,10-13,16-19H,5-9H2,1-2H3/t10-,11+,12-,13+,16-,17+,18+,19-,22-,23+. The van der Waals surface area contributed by atoms with Gasteiger partial charge >= 0.3 is 11.9 Å². The normalized spacial score (nSPS) is 55.2. The summed E-state index contributed by atoms with van der Waals surface area (Å²) in [5.74, 6) is -1.17. The zero-order chi connectivity index (χ0) is 22.1. The third-order valence-electron chi connectivity index (χ3n) is 11.6. The quantitative estimate of drug-likeness (QED) is 0.452. The Hall–Kier alpha value is -1.74. The number of rotatable bonds is 2. The number of esters is 2. The van der Waals surface area contributed by atoms with Gasteiger partial charge in [-0.2, -0.15) is 0 Å². The van der Waals surface area contributed by atoms with Gasteiger partial charge < -0.3 is 28.4 Å². The molecule has 0 unspecified atom stereocenters. The molecule has 4 bridgehead atoms. The molecule has 4 spiro atoms. The maximum atomic E-state index is 13.3. The van der Waals surface area contributed by atoms with E-state index < -0.39 is 34.3 Å². The van der Waals surface area contributed by atoms with Gasteiger partial charge in [0.1, 0.15) is 0 Å². The molecule has 7 fully saturated rings. The number of hydrogen-bond acceptors (Lipinski definition) is 8. The topological polar surface area (TPSA) is 89.5 Å². The third kappa shape index (κ3) is 1.30. The van der Waals surface area contributed by atoms with Gasteiger partial charge in [0.15, 0.2) is 11.6 Å². The van der Waals surface area contributed by atoms with Gasteiger partial charge in [-0.25, -0.2) is 9.59 Å². The first-order chi connectivity index (χ1) is 16.1. The second-order valence-corrected chi connectivity index (χ2v) is 11.3. The first-order valence-corrected chi connectivity index (χ1v) is 12.2. The van der Waals surface area contributed by atoms with Crippen LogP contribution in [0.25, 0.3) is 0 Å². The van der Waals surface area contributed by atoms with Crippen LogP contribution in [0.1, 0.15) is 6.42 Å². The van der Waals surface area contributed by atoms with Crippen molar-refractivity contribution in [2.75, 3.05) is 40.6 Å². The van der Waals surface area contributed by atoms with E-state index in [-0.39, 0.29) is 23.7 Å². The maximum Gasteiger partial charge on any atom is 0.334 e. The van der Waals surface area contributed by atoms with Crippen LogP contribution in [0.4, 0.5) is 0 Å². The lowest BCUT2D eigenvalue weighted by molar-refractivity contribution is -0.448. The van der Waals surface area contributed by atoms with E-state index in [4.69, 9.17) is 28.4 Å². The molecule has 174 valence electrons. The van der Waals surface area contributed by atoms with Gasteiger partial charge in [-0.05, 0) is 30.1 Å². The zero-order valence-corrected chi connectivity index (χ0v) is 18.6. The molecule has 2 aliphatic heterocycles. The summed E-state index contributed by atoms with van der Waals surface area (Å²) in [4.78, 5) is 26.6. The highest BCUT2D eigenvalue weighted by atomic mass is 16.8. The zero-order valence-electron chi connectivity index (χ0n) is 18.6. The van der Waals surface area contributed by atoms with Crippen molar-refractivity contribution in [1.29, 1.82) is 0 Å². The van der Waals surface area contributed by atoms with Crippen LogP contribution in [-0.4, -0.2) is 64.2 Å². The molecular formula is C25H26O8. The monoisotopic (exact) mass is 454 g/mol. The molecule has 5 saturated carbocycles. The van der Waals surface area contributed by atoms with Crippen LogP contribution in [0.5, 0.6) is 0 Å². The molecule has 10 atom stereocenters. The molecule has 10 rings (SSSR count). The molecule has 0 N–H and O–H groups in total. The summed E-state index contributed by atoms with van der Waals surface area (Å²) in [5.41, 5.74) is -0.187. The highest BCUT2D eigenvalue weighted by Crippen LogP contribution is 3.02. The molecular weight excluding hydrogens is 428 g/mol. The summed E-state index contributed by atoms with van der Waals surface area (Å²) in [6.07, 6.45) is 5.36. The summed E-state index contributed by atoms with van der Waals surface area (Å²) >= 11 is 0. The van der Waals surface area contributed by atoms with E-state index in [0.29, 0.717) is 61.2 Å². The van der Waals surface area contributed by atoms with Crippen molar-refractivity contribution in [1.82, 2.24) is 0 Å². The minimum atomic E-state index is -0.774. The van der Waals surface area contributed by atoms with Crippen molar-refractivity contribution < 1.29 is 38.0 Å². The fourth-order valence-corrected chi connectivity index (χ4v) is 12.0. The maximum absolute atomic E-state index is 13.3. The Kier molecular flexibility index (Phi) is 2.87. The SMILES string of the molecule is COC(=O)C1=C(C(=O)OC)[C@@H]2C=C[C@H]1[C@]13[C@@H]4[C@H]5C[C@@H]6[C@H]([C@H]5C15OCCO5)C1(OCCO1)[C@]23[C@@H]64. The fraction of sp³-hybridized carbons (Fsp3) is 0.760. The van der Waals surface area contributed by atoms with Gasteiger partial charge in [-0.15, -0.1) is 0 Å². The molecule has 8 aliphatic carbocycles. The van der Waals surface area contributed by atoms with E-state index in [0.717, 1.165) is 6.42 Å². The Morgan fingerprint density at radius 3 is 1.48 bits per heavy atom. The molecule has 0 aromatic heterocycles. The average Bonchev–Trinajstić information content (AvgIpc) is 3.61. The van der Waals surface area contributed by atoms with Crippen LogP contribution in [0.3, 0.4) is 0 Å².